The summed E-state index contributed by atoms with van der Waals surface area (Å²) in [5.74, 6) is -1.35. The summed E-state index contributed by atoms with van der Waals surface area (Å²) in [4.78, 5) is 35.0. The molecule has 154 valence electrons. The van der Waals surface area contributed by atoms with Gasteiger partial charge >= 0.3 is 11.9 Å². The minimum atomic E-state index is -0.745. The highest BCUT2D eigenvalue weighted by Crippen LogP contribution is 2.13. The topological polar surface area (TPSA) is 100 Å². The van der Waals surface area contributed by atoms with Crippen LogP contribution in [0.15, 0.2) is 24.3 Å². The zero-order chi connectivity index (χ0) is 20.4. The molecule has 0 aliphatic carbocycles. The van der Waals surface area contributed by atoms with Crippen molar-refractivity contribution in [2.75, 3.05) is 33.5 Å². The molecule has 1 aliphatic heterocycles. The summed E-state index contributed by atoms with van der Waals surface area (Å²) in [7, 11) is 1.33. The molecular formula is C20H27NO7. The van der Waals surface area contributed by atoms with Crippen molar-refractivity contribution in [2.45, 2.75) is 38.4 Å². The first kappa shape index (κ1) is 21.8. The zero-order valence-corrected chi connectivity index (χ0v) is 16.3. The number of ether oxygens (including phenoxy) is 4. The molecule has 1 aromatic rings. The molecule has 8 heteroatoms. The summed E-state index contributed by atoms with van der Waals surface area (Å²) in [5, 5.41) is 2.68. The molecule has 0 aromatic heterocycles. The van der Waals surface area contributed by atoms with Gasteiger partial charge in [0, 0.05) is 13.2 Å². The number of rotatable bonds is 10. The Labute approximate surface area is 164 Å². The van der Waals surface area contributed by atoms with Crippen molar-refractivity contribution in [3.8, 4) is 0 Å². The van der Waals surface area contributed by atoms with Gasteiger partial charge in [-0.15, -0.1) is 0 Å². The van der Waals surface area contributed by atoms with E-state index in [2.05, 4.69) is 10.1 Å². The monoisotopic (exact) mass is 393 g/mol. The van der Waals surface area contributed by atoms with E-state index in [-0.39, 0.29) is 18.6 Å². The van der Waals surface area contributed by atoms with Gasteiger partial charge in [-0.2, -0.15) is 0 Å². The first-order valence-corrected chi connectivity index (χ1v) is 9.33. The minimum Gasteiger partial charge on any atom is -0.465 e. The van der Waals surface area contributed by atoms with Crippen LogP contribution >= 0.6 is 0 Å². The molecule has 2 unspecified atom stereocenters. The number of hydrogen-bond donors (Lipinski definition) is 1. The van der Waals surface area contributed by atoms with Crippen LogP contribution in [0, 0.1) is 0 Å². The second-order valence-electron chi connectivity index (χ2n) is 6.51. The van der Waals surface area contributed by atoms with Crippen molar-refractivity contribution in [1.29, 1.82) is 0 Å². The Balaban J connectivity index is 1.60. The van der Waals surface area contributed by atoms with Crippen LogP contribution in [-0.4, -0.2) is 63.5 Å². The van der Waals surface area contributed by atoms with Crippen LogP contribution in [0.25, 0.3) is 0 Å². The minimum absolute atomic E-state index is 0.0280. The molecule has 1 N–H and O–H groups in total. The number of carbonyl (C=O) groups excluding carboxylic acids is 3. The van der Waals surface area contributed by atoms with Gasteiger partial charge in [-0.3, -0.25) is 4.79 Å². The molecule has 0 bridgehead atoms. The van der Waals surface area contributed by atoms with E-state index in [1.54, 1.807) is 31.2 Å². The van der Waals surface area contributed by atoms with Gasteiger partial charge in [-0.25, -0.2) is 9.59 Å². The maximum atomic E-state index is 11.9. The Hall–Kier alpha value is -2.45. The molecule has 0 saturated carbocycles. The molecule has 1 heterocycles. The van der Waals surface area contributed by atoms with Crippen LogP contribution in [0.3, 0.4) is 0 Å². The zero-order valence-electron chi connectivity index (χ0n) is 16.3. The van der Waals surface area contributed by atoms with Gasteiger partial charge in [-0.05, 0) is 43.9 Å². The van der Waals surface area contributed by atoms with Gasteiger partial charge < -0.3 is 24.3 Å². The van der Waals surface area contributed by atoms with Crippen molar-refractivity contribution in [3.05, 3.63) is 35.4 Å². The fourth-order valence-electron chi connectivity index (χ4n) is 2.67. The van der Waals surface area contributed by atoms with Crippen molar-refractivity contribution < 1.29 is 33.3 Å². The van der Waals surface area contributed by atoms with Gasteiger partial charge in [0.2, 0.25) is 0 Å². The van der Waals surface area contributed by atoms with Crippen molar-refractivity contribution in [3.63, 3.8) is 0 Å². The molecule has 1 aliphatic rings. The first-order chi connectivity index (χ1) is 13.5. The van der Waals surface area contributed by atoms with E-state index in [1.165, 1.54) is 7.11 Å². The van der Waals surface area contributed by atoms with Crippen LogP contribution in [0.4, 0.5) is 0 Å². The Morgan fingerprint density at radius 2 is 2.00 bits per heavy atom. The average molecular weight is 393 g/mol. The summed E-state index contributed by atoms with van der Waals surface area (Å²) in [6.45, 7) is 2.69. The third kappa shape index (κ3) is 7.28. The lowest BCUT2D eigenvalue weighted by Gasteiger charge is -2.15. The highest BCUT2D eigenvalue weighted by Gasteiger charge is 2.21. The number of hydrogen-bond acceptors (Lipinski definition) is 7. The van der Waals surface area contributed by atoms with Crippen LogP contribution in [0.2, 0.25) is 0 Å². The molecule has 0 radical (unpaired) electrons. The smallest absolute Gasteiger partial charge is 0.337 e. The Morgan fingerprint density at radius 1 is 1.25 bits per heavy atom. The van der Waals surface area contributed by atoms with Crippen LogP contribution in [0.5, 0.6) is 0 Å². The maximum absolute atomic E-state index is 11.9. The van der Waals surface area contributed by atoms with E-state index in [9.17, 15) is 14.4 Å². The van der Waals surface area contributed by atoms with Gasteiger partial charge in [0.15, 0.2) is 12.7 Å². The quantitative estimate of drug-likeness (QED) is 0.597. The summed E-state index contributed by atoms with van der Waals surface area (Å²) in [5.41, 5.74) is 1.43. The van der Waals surface area contributed by atoms with E-state index < -0.39 is 18.0 Å². The summed E-state index contributed by atoms with van der Waals surface area (Å²) in [6.07, 6.45) is 1.80. The lowest BCUT2D eigenvalue weighted by molar-refractivity contribution is -0.160. The average Bonchev–Trinajstić information content (AvgIpc) is 3.23. The predicted octanol–water partition coefficient (Wildman–Crippen LogP) is 1.26. The number of carbonyl (C=O) groups is 3. The largest absolute Gasteiger partial charge is 0.465 e. The molecule has 2 atom stereocenters. The molecule has 1 fully saturated rings. The molecule has 1 saturated heterocycles. The third-order valence-corrected chi connectivity index (χ3v) is 4.34. The number of amides is 1. The van der Waals surface area contributed by atoms with Crippen molar-refractivity contribution in [2.24, 2.45) is 0 Å². The fraction of sp³-hybridized carbons (Fsp3) is 0.550. The number of benzene rings is 1. The summed E-state index contributed by atoms with van der Waals surface area (Å²) >= 11 is 0. The van der Waals surface area contributed by atoms with Crippen molar-refractivity contribution >= 4 is 17.8 Å². The van der Waals surface area contributed by atoms with Gasteiger partial charge in [0.05, 0.1) is 25.4 Å². The lowest BCUT2D eigenvalue weighted by Crippen LogP contribution is -2.33. The molecule has 28 heavy (non-hydrogen) atoms. The van der Waals surface area contributed by atoms with Gasteiger partial charge in [-0.1, -0.05) is 12.1 Å². The molecular weight excluding hydrogens is 366 g/mol. The summed E-state index contributed by atoms with van der Waals surface area (Å²) in [6, 6.07) is 6.93. The van der Waals surface area contributed by atoms with Crippen LogP contribution < -0.4 is 5.32 Å². The Morgan fingerprint density at radius 3 is 2.64 bits per heavy atom. The maximum Gasteiger partial charge on any atom is 0.337 e. The fourth-order valence-corrected chi connectivity index (χ4v) is 2.67. The molecule has 0 spiro atoms. The molecule has 2 rings (SSSR count). The summed E-state index contributed by atoms with van der Waals surface area (Å²) < 4.78 is 20.5. The second kappa shape index (κ2) is 11.4. The normalized spacial score (nSPS) is 17.0. The van der Waals surface area contributed by atoms with Crippen LogP contribution in [0.1, 0.15) is 35.7 Å². The van der Waals surface area contributed by atoms with E-state index in [0.717, 1.165) is 25.0 Å². The lowest BCUT2D eigenvalue weighted by atomic mass is 10.1. The second-order valence-corrected chi connectivity index (χ2v) is 6.51. The predicted molar refractivity (Wildman–Crippen MR) is 99.8 cm³/mol. The standard InChI is InChI=1S/C20H27NO7/c1-14(27-12-17-4-3-11-26-17)19(23)28-13-18(22)21-10-9-15-5-7-16(8-6-15)20(24)25-2/h5-8,14,17H,3-4,9-13H2,1-2H3,(H,21,22). The highest BCUT2D eigenvalue weighted by molar-refractivity contribution is 5.89. The van der Waals surface area contributed by atoms with Gasteiger partial charge in [0.1, 0.15) is 0 Å². The SMILES string of the molecule is COC(=O)c1ccc(CCNC(=O)COC(=O)C(C)OCC2CCCO2)cc1. The number of esters is 2. The van der Waals surface area contributed by atoms with E-state index in [1.807, 2.05) is 0 Å². The van der Waals surface area contributed by atoms with Gasteiger partial charge in [0.25, 0.3) is 5.91 Å². The number of methoxy groups -OCH3 is 1. The molecule has 1 aromatic carbocycles. The van der Waals surface area contributed by atoms with E-state index in [4.69, 9.17) is 14.2 Å². The molecule has 1 amide bonds. The molecule has 8 nitrogen and oxygen atoms in total. The van der Waals surface area contributed by atoms with E-state index >= 15 is 0 Å². The van der Waals surface area contributed by atoms with E-state index in [0.29, 0.717) is 25.1 Å². The Bertz CT molecular complexity index is 653. The third-order valence-electron chi connectivity index (χ3n) is 4.34. The first-order valence-electron chi connectivity index (χ1n) is 9.33. The van der Waals surface area contributed by atoms with Crippen molar-refractivity contribution in [1.82, 2.24) is 5.32 Å². The van der Waals surface area contributed by atoms with Crippen LogP contribution in [-0.2, 0) is 35.0 Å². The Kier molecular flexibility index (Phi) is 8.90. The number of nitrogens with one attached hydrogen (secondary N) is 1. The highest BCUT2D eigenvalue weighted by atomic mass is 16.6.